The van der Waals surface area contributed by atoms with Gasteiger partial charge in [0.05, 0.1) is 11.9 Å². The zero-order valence-electron chi connectivity index (χ0n) is 19.9. The molecule has 0 spiro atoms. The monoisotopic (exact) mass is 489 g/mol. The Kier molecular flexibility index (Phi) is 8.03. The van der Waals surface area contributed by atoms with E-state index >= 15 is 0 Å². The summed E-state index contributed by atoms with van der Waals surface area (Å²) in [5.74, 6) is 0.132. The average molecular weight is 490 g/mol. The van der Waals surface area contributed by atoms with Crippen LogP contribution in [0.4, 0.5) is 5.69 Å². The zero-order valence-corrected chi connectivity index (χ0v) is 20.7. The number of benzene rings is 2. The molecule has 0 saturated carbocycles. The summed E-state index contributed by atoms with van der Waals surface area (Å²) >= 11 is 0. The van der Waals surface area contributed by atoms with E-state index in [1.165, 1.54) is 11.0 Å². The van der Waals surface area contributed by atoms with E-state index in [4.69, 9.17) is 9.47 Å². The maximum absolute atomic E-state index is 13.4. The number of ether oxygens (including phenoxy) is 2. The minimum Gasteiger partial charge on any atom is -0.454 e. The van der Waals surface area contributed by atoms with Crippen LogP contribution in [0.3, 0.4) is 0 Å². The molecule has 184 valence electrons. The van der Waals surface area contributed by atoms with Crippen molar-refractivity contribution in [2.24, 2.45) is 0 Å². The second-order valence-corrected chi connectivity index (χ2v) is 10.4. The lowest BCUT2D eigenvalue weighted by Gasteiger charge is -2.31. The molecule has 1 heterocycles. The van der Waals surface area contributed by atoms with Gasteiger partial charge in [0.15, 0.2) is 11.5 Å². The van der Waals surface area contributed by atoms with Gasteiger partial charge in [0.25, 0.3) is 0 Å². The molecule has 1 N–H and O–H groups in total. The first kappa shape index (κ1) is 25.4. The minimum atomic E-state index is -3.81. The number of hydrogen-bond donors (Lipinski definition) is 1. The molecule has 2 aromatic rings. The van der Waals surface area contributed by atoms with Gasteiger partial charge in [-0.2, -0.15) is 0 Å². The Balaban J connectivity index is 1.85. The third kappa shape index (κ3) is 6.40. The molecule has 2 aromatic carbocycles. The summed E-state index contributed by atoms with van der Waals surface area (Å²) in [6.07, 6.45) is 1.56. The normalized spacial score (nSPS) is 13.4. The Bertz CT molecular complexity index is 1120. The third-order valence-corrected chi connectivity index (χ3v) is 6.55. The molecule has 34 heavy (non-hydrogen) atoms. The van der Waals surface area contributed by atoms with Gasteiger partial charge in [-0.1, -0.05) is 30.3 Å². The van der Waals surface area contributed by atoms with Crippen molar-refractivity contribution in [1.29, 1.82) is 0 Å². The molecular formula is C24H31N3O6S. The number of carbonyl (C=O) groups is 2. The predicted molar refractivity (Wildman–Crippen MR) is 129 cm³/mol. The van der Waals surface area contributed by atoms with E-state index in [0.29, 0.717) is 17.9 Å². The summed E-state index contributed by atoms with van der Waals surface area (Å²) in [5.41, 5.74) is 1.29. The van der Waals surface area contributed by atoms with Crippen LogP contribution in [0.25, 0.3) is 0 Å². The zero-order chi connectivity index (χ0) is 24.9. The molecule has 0 fully saturated rings. The van der Waals surface area contributed by atoms with Crippen LogP contribution in [0, 0.1) is 0 Å². The average Bonchev–Trinajstić information content (AvgIpc) is 3.24. The Labute approximate surface area is 200 Å². The topological polar surface area (TPSA) is 105 Å². The van der Waals surface area contributed by atoms with E-state index < -0.39 is 28.5 Å². The fourth-order valence-corrected chi connectivity index (χ4v) is 4.47. The fraction of sp³-hybridized carbons (Fsp3) is 0.417. The first-order valence-electron chi connectivity index (χ1n) is 11.1. The first-order chi connectivity index (χ1) is 16.1. The molecule has 2 amide bonds. The van der Waals surface area contributed by atoms with Crippen LogP contribution >= 0.6 is 0 Å². The highest BCUT2D eigenvalue weighted by Crippen LogP contribution is 2.36. The van der Waals surface area contributed by atoms with Gasteiger partial charge in [-0.05, 0) is 44.9 Å². The lowest BCUT2D eigenvalue weighted by atomic mass is 10.1. The number of carbonyl (C=O) groups excluding carboxylic acids is 2. The lowest BCUT2D eigenvalue weighted by Crippen LogP contribution is -2.53. The molecule has 3 rings (SSSR count). The van der Waals surface area contributed by atoms with Crippen molar-refractivity contribution < 1.29 is 27.5 Å². The molecule has 0 radical (unpaired) electrons. The number of fused-ring (bicyclic) bond motifs is 1. The Hall–Kier alpha value is -3.27. The first-order valence-corrected chi connectivity index (χ1v) is 12.9. The number of rotatable bonds is 10. The van der Waals surface area contributed by atoms with Crippen LogP contribution in [0.1, 0.15) is 26.3 Å². The van der Waals surface area contributed by atoms with E-state index in [9.17, 15) is 18.0 Å². The maximum Gasteiger partial charge on any atom is 0.244 e. The van der Waals surface area contributed by atoms with Crippen LogP contribution in [-0.2, 0) is 26.0 Å². The molecule has 0 aromatic heterocycles. The fourth-order valence-electron chi connectivity index (χ4n) is 3.63. The summed E-state index contributed by atoms with van der Waals surface area (Å²) in [5, 5.41) is 2.82. The van der Waals surface area contributed by atoms with Crippen LogP contribution in [-0.4, -0.2) is 63.4 Å². The summed E-state index contributed by atoms with van der Waals surface area (Å²) in [6.45, 7) is 5.18. The third-order valence-electron chi connectivity index (χ3n) is 5.41. The number of sulfonamides is 1. The molecule has 1 atom stereocenters. The van der Waals surface area contributed by atoms with Gasteiger partial charge in [-0.3, -0.25) is 13.9 Å². The Morgan fingerprint density at radius 3 is 2.35 bits per heavy atom. The second kappa shape index (κ2) is 10.8. The number of nitrogens with zero attached hydrogens (tertiary/aromatic N) is 2. The van der Waals surface area contributed by atoms with Gasteiger partial charge in [0.2, 0.25) is 28.6 Å². The Morgan fingerprint density at radius 2 is 1.71 bits per heavy atom. The smallest absolute Gasteiger partial charge is 0.244 e. The number of amides is 2. The van der Waals surface area contributed by atoms with Gasteiger partial charge >= 0.3 is 0 Å². The van der Waals surface area contributed by atoms with Gasteiger partial charge in [0, 0.05) is 18.7 Å². The summed E-state index contributed by atoms with van der Waals surface area (Å²) < 4.78 is 36.9. The lowest BCUT2D eigenvalue weighted by molar-refractivity contribution is -0.139. The molecule has 9 nitrogen and oxygen atoms in total. The predicted octanol–water partition coefficient (Wildman–Crippen LogP) is 2.17. The van der Waals surface area contributed by atoms with Crippen molar-refractivity contribution in [1.82, 2.24) is 10.2 Å². The number of hydrogen-bond acceptors (Lipinski definition) is 6. The summed E-state index contributed by atoms with van der Waals surface area (Å²) in [6, 6.07) is 13.4. The van der Waals surface area contributed by atoms with E-state index in [1.807, 2.05) is 44.2 Å². The van der Waals surface area contributed by atoms with Crippen LogP contribution in [0.2, 0.25) is 0 Å². The van der Waals surface area contributed by atoms with E-state index in [1.54, 1.807) is 19.1 Å². The van der Waals surface area contributed by atoms with Crippen molar-refractivity contribution in [3.8, 4) is 11.5 Å². The van der Waals surface area contributed by atoms with Crippen molar-refractivity contribution in [3.63, 3.8) is 0 Å². The summed E-state index contributed by atoms with van der Waals surface area (Å²) in [7, 11) is -3.81. The van der Waals surface area contributed by atoms with Crippen LogP contribution < -0.4 is 19.1 Å². The second-order valence-electron chi connectivity index (χ2n) is 8.47. The van der Waals surface area contributed by atoms with Crippen molar-refractivity contribution in [3.05, 3.63) is 54.1 Å². The number of anilines is 1. The van der Waals surface area contributed by atoms with Crippen LogP contribution in [0.5, 0.6) is 11.5 Å². The van der Waals surface area contributed by atoms with E-state index in [-0.39, 0.29) is 31.0 Å². The van der Waals surface area contributed by atoms with Crippen LogP contribution in [0.15, 0.2) is 48.5 Å². The molecule has 0 saturated heterocycles. The van der Waals surface area contributed by atoms with E-state index in [2.05, 4.69) is 5.32 Å². The maximum atomic E-state index is 13.4. The molecule has 1 aliphatic rings. The molecule has 0 bridgehead atoms. The largest absolute Gasteiger partial charge is 0.454 e. The molecular weight excluding hydrogens is 458 g/mol. The molecule has 0 unspecified atom stereocenters. The summed E-state index contributed by atoms with van der Waals surface area (Å²) in [4.78, 5) is 27.6. The highest BCUT2D eigenvalue weighted by molar-refractivity contribution is 7.92. The Morgan fingerprint density at radius 1 is 1.03 bits per heavy atom. The highest BCUT2D eigenvalue weighted by atomic mass is 32.2. The van der Waals surface area contributed by atoms with Gasteiger partial charge < -0.3 is 19.7 Å². The number of nitrogens with one attached hydrogen (secondary N) is 1. The standard InChI is InChI=1S/C24H31N3O6S/c1-17(2)25-24(29)18(3)26(13-12-19-8-6-5-7-9-19)23(28)15-27(34(4,30)31)20-10-11-21-22(14-20)33-16-32-21/h5-11,14,17-18H,12-13,15-16H2,1-4H3,(H,25,29)/t18-/m1/s1. The van der Waals surface area contributed by atoms with Gasteiger partial charge in [-0.15, -0.1) is 0 Å². The van der Waals surface area contributed by atoms with Crippen molar-refractivity contribution >= 4 is 27.5 Å². The van der Waals surface area contributed by atoms with Crippen molar-refractivity contribution in [2.75, 3.05) is 30.4 Å². The molecule has 10 heteroatoms. The molecule has 1 aliphatic heterocycles. The van der Waals surface area contributed by atoms with Crippen molar-refractivity contribution in [2.45, 2.75) is 39.3 Å². The SMILES string of the molecule is CC(C)NC(=O)[C@@H](C)N(CCc1ccccc1)C(=O)CN(c1ccc2c(c1)OCO2)S(C)(=O)=O. The minimum absolute atomic E-state index is 0.0479. The van der Waals surface area contributed by atoms with E-state index in [0.717, 1.165) is 16.1 Å². The van der Waals surface area contributed by atoms with Gasteiger partial charge in [0.1, 0.15) is 12.6 Å². The molecule has 0 aliphatic carbocycles. The quantitative estimate of drug-likeness (QED) is 0.548. The van der Waals surface area contributed by atoms with Gasteiger partial charge in [-0.25, -0.2) is 8.42 Å². The highest BCUT2D eigenvalue weighted by Gasteiger charge is 2.30.